The van der Waals surface area contributed by atoms with Gasteiger partial charge >= 0.3 is 0 Å². The molecule has 1 heterocycles. The van der Waals surface area contributed by atoms with Gasteiger partial charge in [-0.25, -0.2) is 0 Å². The second-order valence-corrected chi connectivity index (χ2v) is 3.82. The molecule has 2 nitrogen and oxygen atoms in total. The Balaban J connectivity index is 2.36. The first-order chi connectivity index (χ1) is 7.80. The van der Waals surface area contributed by atoms with Crippen LogP contribution in [0.3, 0.4) is 0 Å². The minimum atomic E-state index is 0.296. The number of anilines is 1. The first-order valence-corrected chi connectivity index (χ1v) is 5.13. The molecule has 80 valence electrons. The minimum Gasteiger partial charge on any atom is -0.497 e. The zero-order chi connectivity index (χ0) is 11.5. The topological polar surface area (TPSA) is 12.5 Å². The largest absolute Gasteiger partial charge is 0.497 e. The summed E-state index contributed by atoms with van der Waals surface area (Å²) in [6.07, 6.45) is 1.90. The van der Waals surface area contributed by atoms with E-state index in [0.717, 1.165) is 18.8 Å². The fourth-order valence-electron chi connectivity index (χ4n) is 2.07. The van der Waals surface area contributed by atoms with E-state index >= 15 is 0 Å². The highest BCUT2D eigenvalue weighted by Crippen LogP contribution is 2.37. The van der Waals surface area contributed by atoms with Gasteiger partial charge in [0.2, 0.25) is 0 Å². The molecule has 0 saturated carbocycles. The molecule has 1 aliphatic heterocycles. The molecule has 2 rings (SSSR count). The second kappa shape index (κ2) is 3.97. The van der Waals surface area contributed by atoms with Gasteiger partial charge in [0.25, 0.3) is 0 Å². The van der Waals surface area contributed by atoms with E-state index in [0.29, 0.717) is 12.8 Å². The van der Waals surface area contributed by atoms with Gasteiger partial charge in [0.15, 0.2) is 0 Å². The van der Waals surface area contributed by atoms with Gasteiger partial charge in [-0.05, 0) is 23.8 Å². The Morgan fingerprint density at radius 1 is 1.73 bits per heavy atom. The Kier molecular flexibility index (Phi) is 2.34. The van der Waals surface area contributed by atoms with E-state index in [1.165, 1.54) is 11.3 Å². The molecule has 0 fully saturated rings. The summed E-state index contributed by atoms with van der Waals surface area (Å²) in [4.78, 5) is 2.26. The molecule has 1 aliphatic rings. The molecule has 0 spiro atoms. The lowest BCUT2D eigenvalue weighted by Crippen LogP contribution is -2.20. The average Bonchev–Trinajstić information content (AvgIpc) is 2.67. The molecule has 1 atom stereocenters. The quantitative estimate of drug-likeness (QED) is 0.702. The molecule has 1 aromatic rings. The van der Waals surface area contributed by atoms with Crippen LogP contribution >= 0.6 is 0 Å². The smallest absolute Gasteiger partial charge is 0.119 e. The minimum absolute atomic E-state index is 0.296. The number of rotatable bonds is 3. The van der Waals surface area contributed by atoms with E-state index in [1.54, 1.807) is 7.11 Å². The SMILES string of the molecule is [2H]CC1CN(CC=C)c2ccc(OC)cc21. The summed E-state index contributed by atoms with van der Waals surface area (Å²) in [5.74, 6) is 1.17. The zero-order valence-electron chi connectivity index (χ0n) is 10.1. The monoisotopic (exact) mass is 204 g/mol. The van der Waals surface area contributed by atoms with E-state index in [4.69, 9.17) is 6.11 Å². The van der Waals surface area contributed by atoms with Crippen LogP contribution in [-0.4, -0.2) is 20.2 Å². The highest BCUT2D eigenvalue weighted by atomic mass is 16.5. The van der Waals surface area contributed by atoms with Gasteiger partial charge in [-0.1, -0.05) is 13.0 Å². The number of nitrogens with zero attached hydrogens (tertiary/aromatic N) is 1. The number of fused-ring (bicyclic) bond motifs is 1. The molecule has 15 heavy (non-hydrogen) atoms. The second-order valence-electron chi connectivity index (χ2n) is 3.82. The molecule has 1 unspecified atom stereocenters. The van der Waals surface area contributed by atoms with Gasteiger partial charge < -0.3 is 9.64 Å². The van der Waals surface area contributed by atoms with E-state index in [9.17, 15) is 0 Å². The average molecular weight is 204 g/mol. The third kappa shape index (κ3) is 1.72. The van der Waals surface area contributed by atoms with Crippen molar-refractivity contribution in [2.45, 2.75) is 12.8 Å². The fourth-order valence-corrected chi connectivity index (χ4v) is 2.07. The molecule has 2 heteroatoms. The van der Waals surface area contributed by atoms with Crippen molar-refractivity contribution >= 4 is 5.69 Å². The van der Waals surface area contributed by atoms with Gasteiger partial charge in [0, 0.05) is 26.1 Å². The van der Waals surface area contributed by atoms with Crippen LogP contribution in [0.25, 0.3) is 0 Å². The lowest BCUT2D eigenvalue weighted by atomic mass is 10.0. The lowest BCUT2D eigenvalue weighted by Gasteiger charge is -2.17. The third-order valence-corrected chi connectivity index (χ3v) is 2.81. The van der Waals surface area contributed by atoms with Crippen LogP contribution < -0.4 is 9.64 Å². The Labute approximate surface area is 92.6 Å². The predicted octanol–water partition coefficient (Wildman–Crippen LogP) is 2.80. The Morgan fingerprint density at radius 3 is 3.27 bits per heavy atom. The molecule has 0 N–H and O–H groups in total. The maximum Gasteiger partial charge on any atom is 0.119 e. The predicted molar refractivity (Wildman–Crippen MR) is 63.8 cm³/mol. The van der Waals surface area contributed by atoms with E-state index in [-0.39, 0.29) is 0 Å². The van der Waals surface area contributed by atoms with Crippen molar-refractivity contribution in [3.63, 3.8) is 0 Å². The van der Waals surface area contributed by atoms with Gasteiger partial charge in [0.1, 0.15) is 5.75 Å². The van der Waals surface area contributed by atoms with Crippen LogP contribution in [0.2, 0.25) is 0 Å². The summed E-state index contributed by atoms with van der Waals surface area (Å²) in [5, 5.41) is 0. The van der Waals surface area contributed by atoms with Crippen molar-refractivity contribution in [2.75, 3.05) is 25.1 Å². The highest BCUT2D eigenvalue weighted by molar-refractivity contribution is 5.62. The van der Waals surface area contributed by atoms with Crippen LogP contribution in [0.1, 0.15) is 19.8 Å². The van der Waals surface area contributed by atoms with Crippen molar-refractivity contribution in [3.8, 4) is 5.75 Å². The van der Waals surface area contributed by atoms with Gasteiger partial charge in [-0.3, -0.25) is 0 Å². The lowest BCUT2D eigenvalue weighted by molar-refractivity contribution is 0.414. The number of hydrogen-bond donors (Lipinski definition) is 0. The van der Waals surface area contributed by atoms with Crippen LogP contribution in [0.4, 0.5) is 5.69 Å². The first kappa shape index (κ1) is 8.84. The highest BCUT2D eigenvalue weighted by Gasteiger charge is 2.24. The number of methoxy groups -OCH3 is 1. The fraction of sp³-hybridized carbons (Fsp3) is 0.385. The molecule has 0 saturated heterocycles. The molecular formula is C13H17NO. The van der Waals surface area contributed by atoms with Crippen LogP contribution in [0, 0.1) is 0 Å². The maximum absolute atomic E-state index is 7.59. The Bertz CT molecular complexity index is 392. The Morgan fingerprint density at radius 2 is 2.60 bits per heavy atom. The summed E-state index contributed by atoms with van der Waals surface area (Å²) >= 11 is 0. The van der Waals surface area contributed by atoms with Crippen molar-refractivity contribution < 1.29 is 6.11 Å². The van der Waals surface area contributed by atoms with E-state index in [2.05, 4.69) is 23.6 Å². The van der Waals surface area contributed by atoms with Gasteiger partial charge in [-0.2, -0.15) is 0 Å². The summed E-state index contributed by atoms with van der Waals surface area (Å²) in [6.45, 7) is 5.95. The van der Waals surface area contributed by atoms with Gasteiger partial charge in [-0.15, -0.1) is 6.58 Å². The molecule has 0 radical (unpaired) electrons. The molecule has 0 aromatic heterocycles. The van der Waals surface area contributed by atoms with E-state index in [1.807, 2.05) is 12.1 Å². The third-order valence-electron chi connectivity index (χ3n) is 2.81. The van der Waals surface area contributed by atoms with Crippen molar-refractivity contribution in [1.29, 1.82) is 0 Å². The Hall–Kier alpha value is -1.44. The summed E-state index contributed by atoms with van der Waals surface area (Å²) in [6, 6.07) is 6.10. The summed E-state index contributed by atoms with van der Waals surface area (Å²) < 4.78 is 12.8. The first-order valence-electron chi connectivity index (χ1n) is 5.84. The molecular weight excluding hydrogens is 186 g/mol. The maximum atomic E-state index is 7.59. The molecule has 0 amide bonds. The summed E-state index contributed by atoms with van der Waals surface area (Å²) in [5.41, 5.74) is 2.45. The molecule has 0 aliphatic carbocycles. The van der Waals surface area contributed by atoms with E-state index < -0.39 is 0 Å². The van der Waals surface area contributed by atoms with Gasteiger partial charge in [0.05, 0.1) is 7.11 Å². The van der Waals surface area contributed by atoms with Crippen LogP contribution in [0.15, 0.2) is 30.9 Å². The summed E-state index contributed by atoms with van der Waals surface area (Å²) in [7, 11) is 1.67. The van der Waals surface area contributed by atoms with Crippen LogP contribution in [0.5, 0.6) is 5.75 Å². The van der Waals surface area contributed by atoms with Crippen molar-refractivity contribution in [1.82, 2.24) is 0 Å². The number of hydrogen-bond acceptors (Lipinski definition) is 2. The molecule has 0 bridgehead atoms. The standard InChI is InChI=1S/C13H17NO/c1-4-7-14-9-10(2)12-8-11(15-3)5-6-13(12)14/h4-6,8,10H,1,7,9H2,2-3H3/i2D. The van der Waals surface area contributed by atoms with Crippen LogP contribution in [-0.2, 0) is 0 Å². The van der Waals surface area contributed by atoms with Crippen molar-refractivity contribution in [2.24, 2.45) is 0 Å². The number of ether oxygens (including phenoxy) is 1. The van der Waals surface area contributed by atoms with Crippen molar-refractivity contribution in [3.05, 3.63) is 36.4 Å². The molecule has 1 aromatic carbocycles. The zero-order valence-corrected chi connectivity index (χ0v) is 9.07. The number of benzene rings is 1. The normalized spacial score (nSPS) is 19.7.